The highest BCUT2D eigenvalue weighted by atomic mass is 19.1. The van der Waals surface area contributed by atoms with E-state index >= 15 is 0 Å². The summed E-state index contributed by atoms with van der Waals surface area (Å²) in [6.45, 7) is 11.1. The van der Waals surface area contributed by atoms with E-state index < -0.39 is 0 Å². The van der Waals surface area contributed by atoms with Crippen LogP contribution in [0.25, 0.3) is 11.0 Å². The van der Waals surface area contributed by atoms with Gasteiger partial charge in [-0.25, -0.2) is 9.37 Å². The van der Waals surface area contributed by atoms with Crippen molar-refractivity contribution in [2.75, 3.05) is 75.4 Å². The molecule has 0 amide bonds. The number of nitrogens with one attached hydrogen (secondary N) is 1. The van der Waals surface area contributed by atoms with Crippen LogP contribution in [0.5, 0.6) is 11.5 Å². The molecule has 0 radical (unpaired) electrons. The normalized spacial score (nSPS) is 20.7. The van der Waals surface area contributed by atoms with Crippen molar-refractivity contribution in [3.63, 3.8) is 0 Å². The molecule has 0 atom stereocenters. The van der Waals surface area contributed by atoms with Gasteiger partial charge >= 0.3 is 0 Å². The van der Waals surface area contributed by atoms with Gasteiger partial charge in [0.1, 0.15) is 23.0 Å². The minimum Gasteiger partial charge on any atom is -0.455 e. The van der Waals surface area contributed by atoms with Crippen molar-refractivity contribution in [3.8, 4) is 11.5 Å². The number of aromatic nitrogens is 2. The van der Waals surface area contributed by atoms with E-state index in [9.17, 15) is 9.18 Å². The van der Waals surface area contributed by atoms with Crippen LogP contribution < -0.4 is 14.5 Å². The Bertz CT molecular complexity index is 1660. The number of aldehydes is 1. The fourth-order valence-electron chi connectivity index (χ4n) is 7.62. The summed E-state index contributed by atoms with van der Waals surface area (Å²) >= 11 is 0. The van der Waals surface area contributed by atoms with Gasteiger partial charge < -0.3 is 24.3 Å². The third-order valence-electron chi connectivity index (χ3n) is 10.2. The zero-order valence-electron chi connectivity index (χ0n) is 25.5. The number of H-pyrrole nitrogens is 1. The van der Waals surface area contributed by atoms with E-state index in [1.165, 1.54) is 36.5 Å². The van der Waals surface area contributed by atoms with Crippen LogP contribution >= 0.6 is 0 Å². The number of rotatable bonds is 8. The van der Waals surface area contributed by atoms with Crippen molar-refractivity contribution in [3.05, 3.63) is 77.9 Å². The van der Waals surface area contributed by atoms with Gasteiger partial charge in [-0.3, -0.25) is 14.6 Å². The predicted molar refractivity (Wildman–Crippen MR) is 172 cm³/mol. The maximum absolute atomic E-state index is 14.1. The predicted octanol–water partition coefficient (Wildman–Crippen LogP) is 4.93. The van der Waals surface area contributed by atoms with Gasteiger partial charge in [0.05, 0.1) is 30.4 Å². The first-order valence-corrected chi connectivity index (χ1v) is 16.1. The minimum absolute atomic E-state index is 0.358. The number of piperazine rings is 1. The van der Waals surface area contributed by atoms with Crippen molar-refractivity contribution >= 4 is 28.7 Å². The van der Waals surface area contributed by atoms with E-state index in [2.05, 4.69) is 53.8 Å². The molecule has 1 aliphatic carbocycles. The number of morpholine rings is 1. The second-order valence-electron chi connectivity index (χ2n) is 13.1. The van der Waals surface area contributed by atoms with E-state index in [0.29, 0.717) is 39.6 Å². The summed E-state index contributed by atoms with van der Waals surface area (Å²) in [5, 5.41) is 0.358. The lowest BCUT2D eigenvalue weighted by molar-refractivity contribution is -0.0380. The topological polar surface area (TPSA) is 77.2 Å². The highest BCUT2D eigenvalue weighted by Crippen LogP contribution is 2.52. The fraction of sp³-hybridized carbons (Fsp3) is 0.429. The molecule has 0 bridgehead atoms. The molecule has 5 heterocycles. The molecule has 1 spiro atoms. The largest absolute Gasteiger partial charge is 0.455 e. The van der Waals surface area contributed by atoms with Crippen LogP contribution in [-0.4, -0.2) is 97.7 Å². The van der Waals surface area contributed by atoms with Crippen molar-refractivity contribution in [1.29, 1.82) is 0 Å². The van der Waals surface area contributed by atoms with Gasteiger partial charge in [-0.15, -0.1) is 0 Å². The summed E-state index contributed by atoms with van der Waals surface area (Å²) in [4.78, 5) is 28.8. The molecule has 9 nitrogen and oxygen atoms in total. The zero-order valence-corrected chi connectivity index (χ0v) is 25.5. The zero-order chi connectivity index (χ0) is 30.4. The van der Waals surface area contributed by atoms with Gasteiger partial charge in [0, 0.05) is 94.0 Å². The number of hydrogen-bond acceptors (Lipinski definition) is 8. The van der Waals surface area contributed by atoms with Crippen molar-refractivity contribution in [2.45, 2.75) is 25.4 Å². The van der Waals surface area contributed by atoms with Crippen LogP contribution in [-0.2, 0) is 11.3 Å². The van der Waals surface area contributed by atoms with Gasteiger partial charge in [0.25, 0.3) is 0 Å². The molecule has 2 aromatic heterocycles. The number of ether oxygens (including phenoxy) is 2. The molecule has 4 fully saturated rings. The molecule has 234 valence electrons. The molecule has 45 heavy (non-hydrogen) atoms. The fourth-order valence-corrected chi connectivity index (χ4v) is 7.62. The summed E-state index contributed by atoms with van der Waals surface area (Å²) in [5.41, 5.74) is 5.03. The first kappa shape index (κ1) is 28.5. The average molecular weight is 611 g/mol. The second-order valence-corrected chi connectivity index (χ2v) is 13.1. The maximum Gasteiger partial charge on any atom is 0.153 e. The lowest BCUT2D eigenvalue weighted by Gasteiger charge is -2.62. The van der Waals surface area contributed by atoms with E-state index in [-0.39, 0.29) is 5.82 Å². The molecular weight excluding hydrogens is 571 g/mol. The molecule has 0 unspecified atom stereocenters. The quantitative estimate of drug-likeness (QED) is 0.282. The molecule has 4 aliphatic rings. The number of nitrogens with zero attached hydrogens (tertiary/aromatic N) is 5. The van der Waals surface area contributed by atoms with Crippen LogP contribution in [0.4, 0.5) is 15.8 Å². The lowest BCUT2D eigenvalue weighted by Crippen LogP contribution is -2.68. The van der Waals surface area contributed by atoms with Crippen LogP contribution in [0.3, 0.4) is 0 Å². The van der Waals surface area contributed by atoms with Crippen LogP contribution in [0, 0.1) is 11.2 Å². The van der Waals surface area contributed by atoms with Gasteiger partial charge in [0.15, 0.2) is 6.29 Å². The molecule has 1 N–H and O–H groups in total. The number of carbonyl (C=O) groups is 1. The molecule has 3 saturated heterocycles. The number of pyridine rings is 1. The standard InChI is InChI=1S/C35H39FN6O3/c36-32-20-38-34-31(32)16-30(19-37-34)45-33-15-28(6-3-26(33)22-43)42-23-35(24-42)17-29(18-35)40-9-7-39(8-10-40)21-25-1-4-27(5-2-25)41-11-13-44-14-12-41/h1-6,15-16,19-20,22,29H,7-14,17-18,21,23-24H2,(H,37,38). The van der Waals surface area contributed by atoms with Crippen molar-refractivity contribution < 1.29 is 18.7 Å². The molecule has 4 aromatic rings. The average Bonchev–Trinajstić information content (AvgIpc) is 3.41. The number of anilines is 2. The molecule has 1 saturated carbocycles. The monoisotopic (exact) mass is 610 g/mol. The molecule has 8 rings (SSSR count). The van der Waals surface area contributed by atoms with Gasteiger partial charge in [-0.1, -0.05) is 12.1 Å². The second kappa shape index (κ2) is 11.7. The van der Waals surface area contributed by atoms with Crippen molar-refractivity contribution in [1.82, 2.24) is 19.8 Å². The highest BCUT2D eigenvalue weighted by molar-refractivity contribution is 5.82. The number of hydrogen-bond donors (Lipinski definition) is 1. The summed E-state index contributed by atoms with van der Waals surface area (Å²) < 4.78 is 25.6. The first-order chi connectivity index (χ1) is 22.0. The Morgan fingerprint density at radius 3 is 2.47 bits per heavy atom. The number of halogens is 1. The van der Waals surface area contributed by atoms with E-state index in [1.54, 1.807) is 12.1 Å². The van der Waals surface area contributed by atoms with Gasteiger partial charge in [-0.2, -0.15) is 0 Å². The van der Waals surface area contributed by atoms with Crippen molar-refractivity contribution in [2.24, 2.45) is 5.41 Å². The number of aromatic amines is 1. The lowest BCUT2D eigenvalue weighted by atomic mass is 9.60. The molecular formula is C35H39FN6O3. The third-order valence-corrected chi connectivity index (χ3v) is 10.2. The summed E-state index contributed by atoms with van der Waals surface area (Å²) in [7, 11) is 0. The first-order valence-electron chi connectivity index (χ1n) is 16.1. The summed E-state index contributed by atoms with van der Waals surface area (Å²) in [6.07, 6.45) is 6.10. The van der Waals surface area contributed by atoms with Crippen LogP contribution in [0.15, 0.2) is 60.9 Å². The smallest absolute Gasteiger partial charge is 0.153 e. The summed E-state index contributed by atoms with van der Waals surface area (Å²) in [6, 6.07) is 17.1. The third kappa shape index (κ3) is 5.67. The van der Waals surface area contributed by atoms with Crippen LogP contribution in [0.2, 0.25) is 0 Å². The van der Waals surface area contributed by atoms with Gasteiger partial charge in [0.2, 0.25) is 0 Å². The maximum atomic E-state index is 14.1. The Balaban J connectivity index is 0.817. The number of benzene rings is 2. The van der Waals surface area contributed by atoms with E-state index in [4.69, 9.17) is 9.47 Å². The SMILES string of the molecule is O=Cc1ccc(N2CC3(CC(N4CCN(Cc5ccc(N6CCOCC6)cc5)CC4)C3)C2)cc1Oc1cnc2[nH]cc(F)c2c1. The van der Waals surface area contributed by atoms with E-state index in [1.807, 2.05) is 12.1 Å². The molecule has 3 aliphatic heterocycles. The van der Waals surface area contributed by atoms with E-state index in [0.717, 1.165) is 84.1 Å². The van der Waals surface area contributed by atoms with Crippen LogP contribution in [0.1, 0.15) is 28.8 Å². The Kier molecular flexibility index (Phi) is 7.43. The Morgan fingerprint density at radius 1 is 0.956 bits per heavy atom. The number of fused-ring (bicyclic) bond motifs is 1. The Morgan fingerprint density at radius 2 is 1.71 bits per heavy atom. The Hall–Kier alpha value is -3.99. The minimum atomic E-state index is -0.385. The molecule has 2 aromatic carbocycles. The Labute approximate surface area is 262 Å². The summed E-state index contributed by atoms with van der Waals surface area (Å²) in [5.74, 6) is 0.465. The highest BCUT2D eigenvalue weighted by Gasteiger charge is 2.54. The molecule has 10 heteroatoms. The van der Waals surface area contributed by atoms with Gasteiger partial charge in [-0.05, 0) is 48.7 Å². The number of carbonyl (C=O) groups excluding carboxylic acids is 1.